The van der Waals surface area contributed by atoms with E-state index in [1.165, 1.54) is 13.2 Å². The number of rotatable bonds is 10. The Bertz CT molecular complexity index is 1170. The fourth-order valence-electron chi connectivity index (χ4n) is 2.83. The van der Waals surface area contributed by atoms with Crippen molar-refractivity contribution in [2.45, 2.75) is 13.3 Å². The number of nitrogens with one attached hydrogen (secondary N) is 1. The minimum absolute atomic E-state index is 0.138. The molecule has 0 atom stereocenters. The average molecular weight is 468 g/mol. The van der Waals surface area contributed by atoms with E-state index in [0.29, 0.717) is 42.5 Å². The Kier molecular flexibility index (Phi) is 8.33. The first-order chi connectivity index (χ1) is 16.0. The van der Waals surface area contributed by atoms with Gasteiger partial charge in [0.1, 0.15) is 23.2 Å². The lowest BCUT2D eigenvalue weighted by atomic mass is 10.1. The Morgan fingerprint density at radius 1 is 1.21 bits per heavy atom. The van der Waals surface area contributed by atoms with Gasteiger partial charge in [0, 0.05) is 12.5 Å². The Balaban J connectivity index is 1.64. The highest BCUT2D eigenvalue weighted by Crippen LogP contribution is 2.37. The Morgan fingerprint density at radius 3 is 2.64 bits per heavy atom. The van der Waals surface area contributed by atoms with Crippen molar-refractivity contribution in [2.75, 3.05) is 25.6 Å². The third-order valence-corrected chi connectivity index (χ3v) is 4.63. The molecule has 170 valence electrons. The van der Waals surface area contributed by atoms with Crippen molar-refractivity contribution >= 4 is 29.4 Å². The van der Waals surface area contributed by atoms with Gasteiger partial charge in [0.05, 0.1) is 25.3 Å². The molecule has 9 heteroatoms. The molecule has 1 heterocycles. The van der Waals surface area contributed by atoms with Gasteiger partial charge in [0.15, 0.2) is 17.3 Å². The van der Waals surface area contributed by atoms with Crippen LogP contribution in [0.25, 0.3) is 6.08 Å². The van der Waals surface area contributed by atoms with Crippen molar-refractivity contribution in [3.63, 3.8) is 0 Å². The summed E-state index contributed by atoms with van der Waals surface area (Å²) < 4.78 is 21.7. The first kappa shape index (κ1) is 23.7. The van der Waals surface area contributed by atoms with Gasteiger partial charge in [-0.05, 0) is 42.8 Å². The largest absolute Gasteiger partial charge is 0.493 e. The molecular formula is C24H22ClN3O5. The number of aryl methyl sites for hydroxylation is 1. The number of hydrogen-bond donors (Lipinski definition) is 1. The fraction of sp³-hybridized carbons (Fsp3) is 0.208. The van der Waals surface area contributed by atoms with Crippen molar-refractivity contribution < 1.29 is 23.5 Å². The molecule has 3 rings (SSSR count). The second-order valence-electron chi connectivity index (χ2n) is 6.84. The zero-order chi connectivity index (χ0) is 23.6. The van der Waals surface area contributed by atoms with Gasteiger partial charge in [-0.1, -0.05) is 35.0 Å². The van der Waals surface area contributed by atoms with Crippen LogP contribution in [0.4, 0.5) is 5.82 Å². The zero-order valence-electron chi connectivity index (χ0n) is 18.1. The van der Waals surface area contributed by atoms with Crippen LogP contribution in [-0.2, 0) is 4.79 Å². The first-order valence-electron chi connectivity index (χ1n) is 10.0. The number of para-hydroxylation sites is 1. The number of halogens is 1. The average Bonchev–Trinajstić information content (AvgIpc) is 3.22. The minimum Gasteiger partial charge on any atom is -0.493 e. The van der Waals surface area contributed by atoms with E-state index in [2.05, 4.69) is 10.5 Å². The van der Waals surface area contributed by atoms with Crippen molar-refractivity contribution in [1.82, 2.24) is 5.16 Å². The highest BCUT2D eigenvalue weighted by Gasteiger charge is 2.15. The number of carbonyl (C=O) groups is 1. The van der Waals surface area contributed by atoms with Crippen LogP contribution in [-0.4, -0.2) is 31.4 Å². The topological polar surface area (TPSA) is 107 Å². The van der Waals surface area contributed by atoms with Gasteiger partial charge in [-0.15, -0.1) is 0 Å². The van der Waals surface area contributed by atoms with Crippen LogP contribution in [0.1, 0.15) is 17.7 Å². The number of anilines is 1. The fourth-order valence-corrected chi connectivity index (χ4v) is 3.10. The van der Waals surface area contributed by atoms with E-state index in [0.717, 1.165) is 5.75 Å². The second kappa shape index (κ2) is 11.6. The lowest BCUT2D eigenvalue weighted by Crippen LogP contribution is -2.13. The molecule has 0 aliphatic rings. The van der Waals surface area contributed by atoms with Gasteiger partial charge in [0.25, 0.3) is 5.91 Å². The van der Waals surface area contributed by atoms with E-state index in [-0.39, 0.29) is 16.4 Å². The zero-order valence-corrected chi connectivity index (χ0v) is 18.9. The molecule has 0 fully saturated rings. The van der Waals surface area contributed by atoms with E-state index in [1.807, 2.05) is 36.4 Å². The molecule has 0 unspecified atom stereocenters. The van der Waals surface area contributed by atoms with Crippen LogP contribution >= 0.6 is 11.6 Å². The Morgan fingerprint density at radius 2 is 1.97 bits per heavy atom. The van der Waals surface area contributed by atoms with E-state index >= 15 is 0 Å². The maximum absolute atomic E-state index is 12.4. The number of amides is 1. The number of nitriles is 1. The number of benzene rings is 2. The van der Waals surface area contributed by atoms with Crippen LogP contribution in [0.3, 0.4) is 0 Å². The van der Waals surface area contributed by atoms with Gasteiger partial charge < -0.3 is 24.1 Å². The van der Waals surface area contributed by atoms with Crippen LogP contribution in [0.2, 0.25) is 5.02 Å². The molecular weight excluding hydrogens is 446 g/mol. The molecule has 1 N–H and O–H groups in total. The molecule has 1 amide bonds. The second-order valence-corrected chi connectivity index (χ2v) is 7.25. The first-order valence-corrected chi connectivity index (χ1v) is 10.4. The number of methoxy groups -OCH3 is 1. The van der Waals surface area contributed by atoms with Gasteiger partial charge in [0.2, 0.25) is 0 Å². The summed E-state index contributed by atoms with van der Waals surface area (Å²) in [7, 11) is 1.48. The molecule has 33 heavy (non-hydrogen) atoms. The van der Waals surface area contributed by atoms with Crippen molar-refractivity contribution in [3.05, 3.63) is 70.5 Å². The molecule has 8 nitrogen and oxygen atoms in total. The Hall–Kier alpha value is -3.96. The predicted octanol–water partition coefficient (Wildman–Crippen LogP) is 5.04. The lowest BCUT2D eigenvalue weighted by Gasteiger charge is -2.14. The van der Waals surface area contributed by atoms with Crippen LogP contribution in [0, 0.1) is 18.3 Å². The number of carbonyl (C=O) groups excluding carboxylic acids is 1. The van der Waals surface area contributed by atoms with E-state index in [9.17, 15) is 10.1 Å². The lowest BCUT2D eigenvalue weighted by molar-refractivity contribution is -0.112. The third-order valence-electron chi connectivity index (χ3n) is 4.34. The standard InChI is InChI=1S/C24H22ClN3O5/c1-16-11-22(28-33-16)27-24(29)18(15-26)12-17-13-20(25)23(21(14-17)30-2)32-10-6-9-31-19-7-4-3-5-8-19/h3-5,7-8,11-14H,6,9-10H2,1-2H3,(H,27,28,29)/b18-12-. The summed E-state index contributed by atoms with van der Waals surface area (Å²) in [5, 5.41) is 15.9. The summed E-state index contributed by atoms with van der Waals surface area (Å²) in [6.07, 6.45) is 2.03. The maximum atomic E-state index is 12.4. The molecule has 0 aliphatic heterocycles. The SMILES string of the molecule is COc1cc(/C=C(/C#N)C(=O)Nc2cc(C)on2)cc(Cl)c1OCCCOc1ccccc1. The molecule has 0 bridgehead atoms. The number of hydrogen-bond acceptors (Lipinski definition) is 7. The summed E-state index contributed by atoms with van der Waals surface area (Å²) in [4.78, 5) is 12.4. The highest BCUT2D eigenvalue weighted by molar-refractivity contribution is 6.32. The molecule has 0 spiro atoms. The minimum atomic E-state index is -0.625. The third kappa shape index (κ3) is 6.76. The molecule has 2 aromatic carbocycles. The van der Waals surface area contributed by atoms with E-state index in [4.69, 9.17) is 30.3 Å². The number of ether oxygens (including phenoxy) is 3. The molecule has 1 aromatic heterocycles. The predicted molar refractivity (Wildman–Crippen MR) is 124 cm³/mol. The van der Waals surface area contributed by atoms with Gasteiger partial charge >= 0.3 is 0 Å². The monoisotopic (exact) mass is 467 g/mol. The smallest absolute Gasteiger partial charge is 0.267 e. The van der Waals surface area contributed by atoms with Crippen molar-refractivity contribution in [2.24, 2.45) is 0 Å². The summed E-state index contributed by atoms with van der Waals surface area (Å²) in [6, 6.07) is 16.1. The summed E-state index contributed by atoms with van der Waals surface area (Å²) in [5.41, 5.74) is 0.361. The van der Waals surface area contributed by atoms with E-state index in [1.54, 1.807) is 25.1 Å². The molecule has 3 aromatic rings. The van der Waals surface area contributed by atoms with E-state index < -0.39 is 5.91 Å². The number of nitrogens with zero attached hydrogens (tertiary/aromatic N) is 2. The summed E-state index contributed by atoms with van der Waals surface area (Å²) in [6.45, 7) is 2.54. The van der Waals surface area contributed by atoms with Crippen LogP contribution < -0.4 is 19.5 Å². The van der Waals surface area contributed by atoms with Gasteiger partial charge in [-0.25, -0.2) is 0 Å². The van der Waals surface area contributed by atoms with Crippen molar-refractivity contribution in [3.8, 4) is 23.3 Å². The molecule has 0 saturated heterocycles. The van der Waals surface area contributed by atoms with Gasteiger partial charge in [-0.2, -0.15) is 5.26 Å². The molecule has 0 radical (unpaired) electrons. The van der Waals surface area contributed by atoms with Crippen molar-refractivity contribution in [1.29, 1.82) is 5.26 Å². The van der Waals surface area contributed by atoms with Crippen LogP contribution in [0.5, 0.6) is 17.2 Å². The normalized spacial score (nSPS) is 10.9. The summed E-state index contributed by atoms with van der Waals surface area (Å²) in [5.74, 6) is 1.67. The Labute approximate surface area is 196 Å². The molecule has 0 saturated carbocycles. The van der Waals surface area contributed by atoms with Crippen LogP contribution in [0.15, 0.2) is 58.6 Å². The highest BCUT2D eigenvalue weighted by atomic mass is 35.5. The maximum Gasteiger partial charge on any atom is 0.267 e. The van der Waals surface area contributed by atoms with Gasteiger partial charge in [-0.3, -0.25) is 4.79 Å². The summed E-state index contributed by atoms with van der Waals surface area (Å²) >= 11 is 6.39. The molecule has 0 aliphatic carbocycles. The number of aromatic nitrogens is 1. The quantitative estimate of drug-likeness (QED) is 0.253.